The number of anilines is 1. The summed E-state index contributed by atoms with van der Waals surface area (Å²) < 4.78 is 5.29. The summed E-state index contributed by atoms with van der Waals surface area (Å²) in [5.41, 5.74) is 2.25. The molecule has 0 aliphatic heterocycles. The Morgan fingerprint density at radius 1 is 1.11 bits per heavy atom. The highest BCUT2D eigenvalue weighted by molar-refractivity contribution is 9.10. The lowest BCUT2D eigenvalue weighted by atomic mass is 10.3. The van der Waals surface area contributed by atoms with Gasteiger partial charge in [-0.25, -0.2) is 0 Å². The van der Waals surface area contributed by atoms with Crippen LogP contribution in [0.1, 0.15) is 0 Å². The van der Waals surface area contributed by atoms with E-state index < -0.39 is 0 Å². The van der Waals surface area contributed by atoms with Crippen LogP contribution in [0.2, 0.25) is 0 Å². The molecule has 0 saturated carbocycles. The Balaban J connectivity index is 1.92. The number of hydrogen-bond acceptors (Lipinski definition) is 3. The summed E-state index contributed by atoms with van der Waals surface area (Å²) in [5, 5.41) is 3.40. The maximum Gasteiger partial charge on any atom is 0.163 e. The predicted octanol–water partition coefficient (Wildman–Crippen LogP) is 5.26. The quantitative estimate of drug-likeness (QED) is 0.648. The number of hydrogen-bond donors (Lipinski definition) is 1. The molecule has 0 radical (unpaired) electrons. The van der Waals surface area contributed by atoms with E-state index in [1.807, 2.05) is 36.4 Å². The predicted molar refractivity (Wildman–Crippen MR) is 88.4 cm³/mol. The molecule has 19 heavy (non-hydrogen) atoms. The van der Waals surface area contributed by atoms with Gasteiger partial charge >= 0.3 is 0 Å². The van der Waals surface area contributed by atoms with Crippen LogP contribution in [-0.4, -0.2) is 4.57 Å². The van der Waals surface area contributed by atoms with Gasteiger partial charge in [0.15, 0.2) is 3.95 Å². The van der Waals surface area contributed by atoms with Gasteiger partial charge in [-0.2, -0.15) is 0 Å². The van der Waals surface area contributed by atoms with Crippen molar-refractivity contribution < 1.29 is 0 Å². The van der Waals surface area contributed by atoms with E-state index in [1.54, 1.807) is 11.3 Å². The number of thiazole rings is 1. The number of halogens is 1. The van der Waals surface area contributed by atoms with Crippen LogP contribution in [0.5, 0.6) is 0 Å². The van der Waals surface area contributed by atoms with Crippen LogP contribution in [0.4, 0.5) is 5.69 Å². The highest BCUT2D eigenvalue weighted by Gasteiger charge is 2.04. The fourth-order valence-corrected chi connectivity index (χ4v) is 3.68. The van der Waals surface area contributed by atoms with E-state index in [0.29, 0.717) is 6.67 Å². The molecule has 0 bridgehead atoms. The first kappa shape index (κ1) is 12.8. The summed E-state index contributed by atoms with van der Waals surface area (Å²) in [6, 6.07) is 16.4. The molecule has 0 aliphatic carbocycles. The Morgan fingerprint density at radius 3 is 2.68 bits per heavy atom. The monoisotopic (exact) mass is 350 g/mol. The molecule has 0 spiro atoms. The minimum Gasteiger partial charge on any atom is -0.366 e. The molecule has 1 N–H and O–H groups in total. The highest BCUT2D eigenvalue weighted by atomic mass is 79.9. The van der Waals surface area contributed by atoms with Crippen LogP contribution in [0.3, 0.4) is 0 Å². The van der Waals surface area contributed by atoms with Gasteiger partial charge in [-0.3, -0.25) is 0 Å². The van der Waals surface area contributed by atoms with Crippen molar-refractivity contribution in [3.05, 3.63) is 57.0 Å². The smallest absolute Gasteiger partial charge is 0.163 e. The van der Waals surface area contributed by atoms with Crippen molar-refractivity contribution >= 4 is 55.4 Å². The minimum atomic E-state index is 0.672. The lowest BCUT2D eigenvalue weighted by Crippen LogP contribution is -2.07. The summed E-state index contributed by atoms with van der Waals surface area (Å²) in [7, 11) is 0. The Labute approximate surface area is 128 Å². The SMILES string of the molecule is S=c1sc2ccccc2n1CNc1ccccc1Br. The zero-order valence-electron chi connectivity index (χ0n) is 9.97. The summed E-state index contributed by atoms with van der Waals surface area (Å²) in [6.45, 7) is 0.672. The molecule has 0 saturated heterocycles. The zero-order valence-corrected chi connectivity index (χ0v) is 13.2. The fraction of sp³-hybridized carbons (Fsp3) is 0.0714. The molecule has 96 valence electrons. The highest BCUT2D eigenvalue weighted by Crippen LogP contribution is 2.25. The van der Waals surface area contributed by atoms with E-state index in [-0.39, 0.29) is 0 Å². The lowest BCUT2D eigenvalue weighted by molar-refractivity contribution is 0.807. The van der Waals surface area contributed by atoms with Crippen LogP contribution in [-0.2, 0) is 6.67 Å². The summed E-state index contributed by atoms with van der Waals surface area (Å²) in [6.07, 6.45) is 0. The van der Waals surface area contributed by atoms with Crippen LogP contribution >= 0.6 is 39.5 Å². The number of benzene rings is 2. The number of aromatic nitrogens is 1. The van der Waals surface area contributed by atoms with E-state index in [1.165, 1.54) is 10.2 Å². The Bertz CT molecular complexity index is 776. The molecule has 1 aromatic heterocycles. The molecular formula is C14H11BrN2S2. The molecule has 3 aromatic rings. The number of rotatable bonds is 3. The second-order valence-electron chi connectivity index (χ2n) is 4.08. The van der Waals surface area contributed by atoms with Gasteiger partial charge < -0.3 is 9.88 Å². The van der Waals surface area contributed by atoms with Crippen molar-refractivity contribution in [2.24, 2.45) is 0 Å². The van der Waals surface area contributed by atoms with E-state index in [0.717, 1.165) is 14.1 Å². The average molecular weight is 351 g/mol. The zero-order chi connectivity index (χ0) is 13.2. The van der Waals surface area contributed by atoms with Crippen LogP contribution in [0, 0.1) is 3.95 Å². The number of fused-ring (bicyclic) bond motifs is 1. The van der Waals surface area contributed by atoms with Crippen molar-refractivity contribution in [1.82, 2.24) is 4.57 Å². The van der Waals surface area contributed by atoms with Gasteiger partial charge in [0.25, 0.3) is 0 Å². The molecule has 0 aliphatic rings. The van der Waals surface area contributed by atoms with E-state index in [4.69, 9.17) is 12.2 Å². The molecule has 2 aromatic carbocycles. The molecule has 3 rings (SSSR count). The van der Waals surface area contributed by atoms with Gasteiger partial charge in [0, 0.05) is 10.2 Å². The van der Waals surface area contributed by atoms with Crippen molar-refractivity contribution in [2.45, 2.75) is 6.67 Å². The van der Waals surface area contributed by atoms with Gasteiger partial charge in [-0.05, 0) is 52.4 Å². The second-order valence-corrected chi connectivity index (χ2v) is 6.61. The van der Waals surface area contributed by atoms with Gasteiger partial charge in [-0.15, -0.1) is 11.3 Å². The molecule has 0 fully saturated rings. The topological polar surface area (TPSA) is 17.0 Å². The standard InChI is InChI=1S/C14H11BrN2S2/c15-10-5-1-2-6-11(10)16-9-17-12-7-3-4-8-13(12)19-14(17)18/h1-8,16H,9H2. The van der Waals surface area contributed by atoms with Crippen molar-refractivity contribution in [3.63, 3.8) is 0 Å². The third kappa shape index (κ3) is 2.59. The van der Waals surface area contributed by atoms with Crippen LogP contribution in [0.15, 0.2) is 53.0 Å². The molecule has 0 amide bonds. The summed E-state index contributed by atoms with van der Waals surface area (Å²) >= 11 is 10.6. The van der Waals surface area contributed by atoms with Gasteiger partial charge in [0.1, 0.15) is 0 Å². The first-order valence-corrected chi connectivity index (χ1v) is 7.84. The largest absolute Gasteiger partial charge is 0.366 e. The van der Waals surface area contributed by atoms with Gasteiger partial charge in [-0.1, -0.05) is 24.3 Å². The second kappa shape index (κ2) is 5.45. The molecule has 0 unspecified atom stereocenters. The van der Waals surface area contributed by atoms with E-state index in [9.17, 15) is 0 Å². The molecule has 1 heterocycles. The number of para-hydroxylation sites is 2. The van der Waals surface area contributed by atoms with Crippen LogP contribution < -0.4 is 5.32 Å². The lowest BCUT2D eigenvalue weighted by Gasteiger charge is -2.10. The molecular weight excluding hydrogens is 340 g/mol. The Kier molecular flexibility index (Phi) is 3.68. The molecule has 2 nitrogen and oxygen atoms in total. The maximum atomic E-state index is 5.43. The number of nitrogens with one attached hydrogen (secondary N) is 1. The van der Waals surface area contributed by atoms with Gasteiger partial charge in [0.05, 0.1) is 16.9 Å². The molecule has 0 atom stereocenters. The van der Waals surface area contributed by atoms with Crippen molar-refractivity contribution in [1.29, 1.82) is 0 Å². The first-order chi connectivity index (χ1) is 9.25. The maximum absolute atomic E-state index is 5.43. The third-order valence-electron chi connectivity index (χ3n) is 2.88. The first-order valence-electron chi connectivity index (χ1n) is 5.82. The normalized spacial score (nSPS) is 10.8. The van der Waals surface area contributed by atoms with Crippen molar-refractivity contribution in [2.75, 3.05) is 5.32 Å². The van der Waals surface area contributed by atoms with E-state index in [2.05, 4.69) is 37.9 Å². The van der Waals surface area contributed by atoms with Crippen molar-refractivity contribution in [3.8, 4) is 0 Å². The number of nitrogens with zero attached hydrogens (tertiary/aromatic N) is 1. The average Bonchev–Trinajstić information content (AvgIpc) is 2.74. The minimum absolute atomic E-state index is 0.672. The Hall–Kier alpha value is -1.17. The van der Waals surface area contributed by atoms with E-state index >= 15 is 0 Å². The fourth-order valence-electron chi connectivity index (χ4n) is 1.93. The summed E-state index contributed by atoms with van der Waals surface area (Å²) in [5.74, 6) is 0. The van der Waals surface area contributed by atoms with Crippen LogP contribution in [0.25, 0.3) is 10.2 Å². The summed E-state index contributed by atoms with van der Waals surface area (Å²) in [4.78, 5) is 0. The van der Waals surface area contributed by atoms with Gasteiger partial charge in [0.2, 0.25) is 0 Å². The molecule has 5 heteroatoms. The third-order valence-corrected chi connectivity index (χ3v) is 5.00. The Morgan fingerprint density at radius 2 is 1.84 bits per heavy atom.